The molecule has 2 amide bonds. The number of anilines is 1. The summed E-state index contributed by atoms with van der Waals surface area (Å²) in [6.07, 6.45) is 0. The van der Waals surface area contributed by atoms with Crippen molar-refractivity contribution in [2.75, 3.05) is 18.5 Å². The van der Waals surface area contributed by atoms with Crippen LogP contribution in [-0.2, 0) is 9.59 Å². The number of carbonyl (C=O) groups excluding carboxylic acids is 2. The van der Waals surface area contributed by atoms with E-state index in [0.29, 0.717) is 0 Å². The average Bonchev–Trinajstić information content (AvgIpc) is 2.55. The molecule has 138 valence electrons. The van der Waals surface area contributed by atoms with E-state index in [0.717, 1.165) is 28.4 Å². The van der Waals surface area contributed by atoms with Gasteiger partial charge in [0, 0.05) is 5.69 Å². The highest BCUT2D eigenvalue weighted by atomic mass is 35.5. The van der Waals surface area contributed by atoms with E-state index in [4.69, 9.17) is 16.3 Å². The van der Waals surface area contributed by atoms with E-state index < -0.39 is 11.7 Å². The number of benzene rings is 2. The van der Waals surface area contributed by atoms with Gasteiger partial charge in [-0.15, -0.1) is 0 Å². The molecule has 5 nitrogen and oxygen atoms in total. The van der Waals surface area contributed by atoms with Gasteiger partial charge in [0.2, 0.25) is 5.91 Å². The van der Waals surface area contributed by atoms with Crippen LogP contribution < -0.4 is 15.4 Å². The summed E-state index contributed by atoms with van der Waals surface area (Å²) in [6.45, 7) is 5.29. The van der Waals surface area contributed by atoms with Gasteiger partial charge in [-0.25, -0.2) is 4.39 Å². The minimum atomic E-state index is -0.495. The predicted octanol–water partition coefficient (Wildman–Crippen LogP) is 3.54. The molecule has 0 atom stereocenters. The Hall–Kier alpha value is -2.60. The standard InChI is InChI=1S/C19H20ClFN2O3/c1-11-6-12(2)19(13(3)7-11)23-17(24)9-22-18(25)10-26-16-5-4-14(21)8-15(16)20/h4-8H,9-10H2,1-3H3,(H,22,25)(H,23,24). The molecule has 0 aromatic heterocycles. The first-order valence-electron chi connectivity index (χ1n) is 7.98. The van der Waals surface area contributed by atoms with Gasteiger partial charge < -0.3 is 15.4 Å². The molecule has 0 saturated carbocycles. The number of carbonyl (C=O) groups is 2. The zero-order valence-corrected chi connectivity index (χ0v) is 15.5. The van der Waals surface area contributed by atoms with Crippen LogP contribution in [0, 0.1) is 26.6 Å². The van der Waals surface area contributed by atoms with Crippen LogP contribution >= 0.6 is 11.6 Å². The van der Waals surface area contributed by atoms with Gasteiger partial charge in [0.15, 0.2) is 6.61 Å². The molecule has 0 aliphatic rings. The lowest BCUT2D eigenvalue weighted by molar-refractivity contribution is -0.125. The summed E-state index contributed by atoms with van der Waals surface area (Å²) in [5.74, 6) is -1.13. The normalized spacial score (nSPS) is 10.3. The number of hydrogen-bond acceptors (Lipinski definition) is 3. The van der Waals surface area contributed by atoms with Crippen LogP contribution in [0.15, 0.2) is 30.3 Å². The quantitative estimate of drug-likeness (QED) is 0.808. The highest BCUT2D eigenvalue weighted by Gasteiger charge is 2.11. The van der Waals surface area contributed by atoms with Crippen molar-refractivity contribution >= 4 is 29.1 Å². The SMILES string of the molecule is Cc1cc(C)c(NC(=O)CNC(=O)COc2ccc(F)cc2Cl)c(C)c1. The Kier molecular flexibility index (Phi) is 6.58. The van der Waals surface area contributed by atoms with Crippen LogP contribution in [0.5, 0.6) is 5.75 Å². The molecule has 7 heteroatoms. The van der Waals surface area contributed by atoms with Crippen LogP contribution in [0.4, 0.5) is 10.1 Å². The van der Waals surface area contributed by atoms with E-state index in [-0.39, 0.29) is 29.8 Å². The van der Waals surface area contributed by atoms with Crippen molar-refractivity contribution in [2.45, 2.75) is 20.8 Å². The maximum atomic E-state index is 12.9. The molecule has 0 aliphatic carbocycles. The molecule has 2 aromatic carbocycles. The second-order valence-corrected chi connectivity index (χ2v) is 6.37. The Morgan fingerprint density at radius 2 is 1.73 bits per heavy atom. The molecule has 2 rings (SSSR count). The van der Waals surface area contributed by atoms with E-state index in [2.05, 4.69) is 10.6 Å². The Morgan fingerprint density at radius 3 is 2.35 bits per heavy atom. The van der Waals surface area contributed by atoms with Crippen molar-refractivity contribution in [1.29, 1.82) is 0 Å². The molecule has 2 aromatic rings. The number of aryl methyl sites for hydroxylation is 3. The first kappa shape index (κ1) is 19.7. The third kappa shape index (κ3) is 5.46. The van der Waals surface area contributed by atoms with Crippen LogP contribution in [0.1, 0.15) is 16.7 Å². The third-order valence-electron chi connectivity index (χ3n) is 3.64. The van der Waals surface area contributed by atoms with Gasteiger partial charge in [-0.1, -0.05) is 29.3 Å². The summed E-state index contributed by atoms with van der Waals surface area (Å²) < 4.78 is 18.2. The zero-order valence-electron chi connectivity index (χ0n) is 14.8. The fraction of sp³-hybridized carbons (Fsp3) is 0.263. The fourth-order valence-corrected chi connectivity index (χ4v) is 2.75. The van der Waals surface area contributed by atoms with E-state index in [1.54, 1.807) is 0 Å². The van der Waals surface area contributed by atoms with Crippen molar-refractivity contribution in [1.82, 2.24) is 5.32 Å². The highest BCUT2D eigenvalue weighted by Crippen LogP contribution is 2.24. The lowest BCUT2D eigenvalue weighted by atomic mass is 10.1. The minimum absolute atomic E-state index is 0.0702. The van der Waals surface area contributed by atoms with Gasteiger partial charge >= 0.3 is 0 Å². The minimum Gasteiger partial charge on any atom is -0.482 e. The molecule has 0 spiro atoms. The lowest BCUT2D eigenvalue weighted by Crippen LogP contribution is -2.36. The maximum Gasteiger partial charge on any atom is 0.258 e. The zero-order chi connectivity index (χ0) is 19.3. The van der Waals surface area contributed by atoms with Gasteiger partial charge in [0.25, 0.3) is 5.91 Å². The Morgan fingerprint density at radius 1 is 1.08 bits per heavy atom. The number of halogens is 2. The summed E-state index contributed by atoms with van der Waals surface area (Å²) in [6, 6.07) is 7.55. The molecular weight excluding hydrogens is 359 g/mol. The molecule has 0 saturated heterocycles. The van der Waals surface area contributed by atoms with Crippen molar-refractivity contribution in [3.63, 3.8) is 0 Å². The highest BCUT2D eigenvalue weighted by molar-refractivity contribution is 6.32. The first-order chi connectivity index (χ1) is 12.3. The molecule has 0 heterocycles. The van der Waals surface area contributed by atoms with Crippen molar-refractivity contribution in [3.8, 4) is 5.75 Å². The maximum absolute atomic E-state index is 12.9. The molecule has 0 aliphatic heterocycles. The van der Waals surface area contributed by atoms with Crippen LogP contribution in [0.3, 0.4) is 0 Å². The molecule has 0 bridgehead atoms. The van der Waals surface area contributed by atoms with Gasteiger partial charge in [-0.3, -0.25) is 9.59 Å². The molecule has 26 heavy (non-hydrogen) atoms. The van der Waals surface area contributed by atoms with Crippen LogP contribution in [0.2, 0.25) is 5.02 Å². The van der Waals surface area contributed by atoms with E-state index in [1.807, 2.05) is 32.9 Å². The predicted molar refractivity (Wildman–Crippen MR) is 99.2 cm³/mol. The third-order valence-corrected chi connectivity index (χ3v) is 3.94. The van der Waals surface area contributed by atoms with Crippen LogP contribution in [-0.4, -0.2) is 25.0 Å². The molecular formula is C19H20ClFN2O3. The summed E-state index contributed by atoms with van der Waals surface area (Å²) in [4.78, 5) is 23.8. The lowest BCUT2D eigenvalue weighted by Gasteiger charge is -2.13. The average molecular weight is 379 g/mol. The number of nitrogens with one attached hydrogen (secondary N) is 2. The number of amides is 2. The van der Waals surface area contributed by atoms with Gasteiger partial charge in [-0.05, 0) is 50.1 Å². The second-order valence-electron chi connectivity index (χ2n) is 5.96. The molecule has 2 N–H and O–H groups in total. The number of ether oxygens (including phenoxy) is 1. The number of hydrogen-bond donors (Lipinski definition) is 2. The van der Waals surface area contributed by atoms with Crippen molar-refractivity contribution < 1.29 is 18.7 Å². The van der Waals surface area contributed by atoms with E-state index >= 15 is 0 Å². The Balaban J connectivity index is 1.83. The molecule has 0 unspecified atom stereocenters. The summed E-state index contributed by atoms with van der Waals surface area (Å²) in [5, 5.41) is 5.32. The van der Waals surface area contributed by atoms with Gasteiger partial charge in [-0.2, -0.15) is 0 Å². The first-order valence-corrected chi connectivity index (χ1v) is 8.36. The van der Waals surface area contributed by atoms with Crippen molar-refractivity contribution in [3.05, 3.63) is 57.9 Å². The summed E-state index contributed by atoms with van der Waals surface area (Å²) in [5.41, 5.74) is 3.76. The fourth-order valence-electron chi connectivity index (χ4n) is 2.53. The van der Waals surface area contributed by atoms with E-state index in [1.165, 1.54) is 12.1 Å². The largest absolute Gasteiger partial charge is 0.482 e. The van der Waals surface area contributed by atoms with E-state index in [9.17, 15) is 14.0 Å². The number of rotatable bonds is 6. The molecule has 0 fully saturated rings. The smallest absolute Gasteiger partial charge is 0.258 e. The Labute approximate surface area is 156 Å². The topological polar surface area (TPSA) is 67.4 Å². The van der Waals surface area contributed by atoms with Crippen molar-refractivity contribution in [2.24, 2.45) is 0 Å². The van der Waals surface area contributed by atoms with Crippen LogP contribution in [0.25, 0.3) is 0 Å². The Bertz CT molecular complexity index is 817. The monoisotopic (exact) mass is 378 g/mol. The van der Waals surface area contributed by atoms with Gasteiger partial charge in [0.05, 0.1) is 11.6 Å². The molecule has 0 radical (unpaired) electrons. The summed E-state index contributed by atoms with van der Waals surface area (Å²) in [7, 11) is 0. The van der Waals surface area contributed by atoms with Gasteiger partial charge in [0.1, 0.15) is 11.6 Å². The summed E-state index contributed by atoms with van der Waals surface area (Å²) >= 11 is 5.81. The second kappa shape index (κ2) is 8.67.